The standard InChI is InChI=1S/C17H14F4N6/c1-9-6-14(27-16(24-9)25-15(26-27)17(19,20)21)22-5-4-10-8-23-13-7-11(18)2-3-12(10)13/h2-3,6-8,22-23H,4-5H2,1H3. The second-order valence-electron chi connectivity index (χ2n) is 6.11. The zero-order valence-electron chi connectivity index (χ0n) is 14.1. The fraction of sp³-hybridized carbons (Fsp3) is 0.235. The second-order valence-corrected chi connectivity index (χ2v) is 6.11. The third-order valence-corrected chi connectivity index (χ3v) is 4.12. The molecule has 0 aliphatic rings. The fourth-order valence-corrected chi connectivity index (χ4v) is 2.92. The number of rotatable bonds is 4. The molecule has 0 radical (unpaired) electrons. The van der Waals surface area contributed by atoms with Crippen LogP contribution < -0.4 is 5.32 Å². The average Bonchev–Trinajstić information content (AvgIpc) is 3.18. The molecular weight excluding hydrogens is 364 g/mol. The number of hydrogen-bond donors (Lipinski definition) is 2. The van der Waals surface area contributed by atoms with E-state index in [2.05, 4.69) is 25.4 Å². The van der Waals surface area contributed by atoms with Gasteiger partial charge in [-0.1, -0.05) is 0 Å². The predicted molar refractivity (Wildman–Crippen MR) is 91.0 cm³/mol. The second kappa shape index (κ2) is 6.22. The van der Waals surface area contributed by atoms with Crippen LogP contribution in [0.2, 0.25) is 0 Å². The molecule has 0 aliphatic heterocycles. The van der Waals surface area contributed by atoms with Gasteiger partial charge in [-0.2, -0.15) is 22.7 Å². The Kier molecular flexibility index (Phi) is 3.97. The molecule has 4 aromatic rings. The third-order valence-electron chi connectivity index (χ3n) is 4.12. The van der Waals surface area contributed by atoms with Crippen LogP contribution in [0.4, 0.5) is 23.4 Å². The summed E-state index contributed by atoms with van der Waals surface area (Å²) in [5, 5.41) is 7.48. The number of hydrogen-bond acceptors (Lipinski definition) is 4. The number of aromatic amines is 1. The number of alkyl halides is 3. The summed E-state index contributed by atoms with van der Waals surface area (Å²) in [5.74, 6) is -1.31. The Hall–Kier alpha value is -3.17. The molecule has 1 aromatic carbocycles. The van der Waals surface area contributed by atoms with Gasteiger partial charge in [0.05, 0.1) is 0 Å². The topological polar surface area (TPSA) is 70.9 Å². The molecule has 4 rings (SSSR count). The van der Waals surface area contributed by atoms with Crippen molar-refractivity contribution in [2.24, 2.45) is 0 Å². The molecule has 3 aromatic heterocycles. The number of halogens is 4. The molecule has 27 heavy (non-hydrogen) atoms. The first-order valence-electron chi connectivity index (χ1n) is 8.12. The van der Waals surface area contributed by atoms with Crippen LogP contribution in [0.25, 0.3) is 16.7 Å². The Bertz CT molecular complexity index is 1130. The Morgan fingerprint density at radius 3 is 2.78 bits per heavy atom. The monoisotopic (exact) mass is 378 g/mol. The maximum atomic E-state index is 13.3. The lowest BCUT2D eigenvalue weighted by atomic mass is 10.1. The lowest BCUT2D eigenvalue weighted by Gasteiger charge is -2.08. The van der Waals surface area contributed by atoms with Crippen LogP contribution in [-0.2, 0) is 12.6 Å². The number of benzene rings is 1. The van der Waals surface area contributed by atoms with Gasteiger partial charge in [0.2, 0.25) is 0 Å². The van der Waals surface area contributed by atoms with Crippen molar-refractivity contribution in [2.75, 3.05) is 11.9 Å². The molecule has 0 aliphatic carbocycles. The minimum Gasteiger partial charge on any atom is -0.370 e. The maximum absolute atomic E-state index is 13.3. The Labute approximate surface area is 150 Å². The number of aryl methyl sites for hydroxylation is 1. The first-order chi connectivity index (χ1) is 12.8. The van der Waals surface area contributed by atoms with Gasteiger partial charge in [-0.05, 0) is 37.1 Å². The van der Waals surface area contributed by atoms with E-state index in [1.165, 1.54) is 12.1 Å². The minimum absolute atomic E-state index is 0.118. The number of nitrogens with zero attached hydrogens (tertiary/aromatic N) is 4. The van der Waals surface area contributed by atoms with Crippen molar-refractivity contribution in [1.29, 1.82) is 0 Å². The molecule has 0 fully saturated rings. The smallest absolute Gasteiger partial charge is 0.370 e. The molecule has 2 N–H and O–H groups in total. The van der Waals surface area contributed by atoms with E-state index < -0.39 is 12.0 Å². The van der Waals surface area contributed by atoms with Gasteiger partial charge in [-0.3, -0.25) is 0 Å². The van der Waals surface area contributed by atoms with Crippen molar-refractivity contribution < 1.29 is 17.6 Å². The molecule has 0 atom stereocenters. The van der Waals surface area contributed by atoms with E-state index in [0.717, 1.165) is 15.5 Å². The molecule has 140 valence electrons. The van der Waals surface area contributed by atoms with Gasteiger partial charge in [0.1, 0.15) is 11.6 Å². The Morgan fingerprint density at radius 2 is 2.00 bits per heavy atom. The minimum atomic E-state index is -4.64. The van der Waals surface area contributed by atoms with Crippen molar-refractivity contribution in [1.82, 2.24) is 24.6 Å². The molecule has 0 amide bonds. The Morgan fingerprint density at radius 1 is 1.19 bits per heavy atom. The van der Waals surface area contributed by atoms with Crippen molar-refractivity contribution in [3.8, 4) is 0 Å². The molecule has 0 unspecified atom stereocenters. The van der Waals surface area contributed by atoms with Crippen molar-refractivity contribution in [3.63, 3.8) is 0 Å². The van der Waals surface area contributed by atoms with Gasteiger partial charge >= 0.3 is 6.18 Å². The lowest BCUT2D eigenvalue weighted by Crippen LogP contribution is -2.11. The first-order valence-corrected chi connectivity index (χ1v) is 8.12. The first kappa shape index (κ1) is 17.3. The van der Waals surface area contributed by atoms with Crippen LogP contribution in [-0.4, -0.2) is 31.1 Å². The third kappa shape index (κ3) is 3.29. The summed E-state index contributed by atoms with van der Waals surface area (Å²) in [6.45, 7) is 2.10. The number of nitrogens with one attached hydrogen (secondary N) is 2. The molecule has 6 nitrogen and oxygen atoms in total. The van der Waals surface area contributed by atoms with Gasteiger partial charge in [-0.25, -0.2) is 9.37 Å². The molecule has 3 heterocycles. The molecule has 10 heteroatoms. The SMILES string of the molecule is Cc1cc(NCCc2c[nH]c3cc(F)ccc23)n2nc(C(F)(F)F)nc2n1. The number of aromatic nitrogens is 5. The van der Waals surface area contributed by atoms with E-state index in [0.29, 0.717) is 30.0 Å². The van der Waals surface area contributed by atoms with Crippen molar-refractivity contribution >= 4 is 22.5 Å². The molecular formula is C17H14F4N6. The summed E-state index contributed by atoms with van der Waals surface area (Å²) in [6.07, 6.45) is -2.27. The van der Waals surface area contributed by atoms with E-state index in [1.54, 1.807) is 25.3 Å². The van der Waals surface area contributed by atoms with E-state index in [4.69, 9.17) is 0 Å². The summed E-state index contributed by atoms with van der Waals surface area (Å²) >= 11 is 0. The van der Waals surface area contributed by atoms with E-state index >= 15 is 0 Å². The lowest BCUT2D eigenvalue weighted by molar-refractivity contribution is -0.144. The highest BCUT2D eigenvalue weighted by atomic mass is 19.4. The van der Waals surface area contributed by atoms with Crippen LogP contribution in [0.1, 0.15) is 17.1 Å². The van der Waals surface area contributed by atoms with E-state index in [9.17, 15) is 17.6 Å². The molecule has 0 spiro atoms. The van der Waals surface area contributed by atoms with E-state index in [-0.39, 0.29) is 11.6 Å². The van der Waals surface area contributed by atoms with Gasteiger partial charge in [0.25, 0.3) is 11.6 Å². The highest BCUT2D eigenvalue weighted by Crippen LogP contribution is 2.27. The quantitative estimate of drug-likeness (QED) is 0.531. The highest BCUT2D eigenvalue weighted by Gasteiger charge is 2.36. The van der Waals surface area contributed by atoms with Gasteiger partial charge in [0, 0.05) is 35.4 Å². The molecule has 0 saturated heterocycles. The fourth-order valence-electron chi connectivity index (χ4n) is 2.92. The van der Waals surface area contributed by atoms with Gasteiger partial charge < -0.3 is 10.3 Å². The van der Waals surface area contributed by atoms with Crippen LogP contribution in [0.15, 0.2) is 30.5 Å². The highest BCUT2D eigenvalue weighted by molar-refractivity contribution is 5.83. The van der Waals surface area contributed by atoms with Crippen molar-refractivity contribution in [3.05, 3.63) is 53.4 Å². The van der Waals surface area contributed by atoms with Crippen LogP contribution in [0.5, 0.6) is 0 Å². The summed E-state index contributed by atoms with van der Waals surface area (Å²) < 4.78 is 52.9. The molecule has 0 bridgehead atoms. The Balaban J connectivity index is 1.57. The number of fused-ring (bicyclic) bond motifs is 2. The summed E-state index contributed by atoms with van der Waals surface area (Å²) in [7, 11) is 0. The van der Waals surface area contributed by atoms with Gasteiger partial charge in [-0.15, -0.1) is 5.10 Å². The van der Waals surface area contributed by atoms with Gasteiger partial charge in [0.15, 0.2) is 0 Å². The van der Waals surface area contributed by atoms with Crippen LogP contribution in [0, 0.1) is 12.7 Å². The van der Waals surface area contributed by atoms with E-state index in [1.807, 2.05) is 0 Å². The molecule has 0 saturated carbocycles. The largest absolute Gasteiger partial charge is 0.453 e. The van der Waals surface area contributed by atoms with Crippen LogP contribution >= 0.6 is 0 Å². The summed E-state index contributed by atoms with van der Waals surface area (Å²) in [4.78, 5) is 10.4. The van der Waals surface area contributed by atoms with Crippen LogP contribution in [0.3, 0.4) is 0 Å². The zero-order valence-corrected chi connectivity index (χ0v) is 14.1. The average molecular weight is 378 g/mol. The normalized spacial score (nSPS) is 12.2. The van der Waals surface area contributed by atoms with Crippen molar-refractivity contribution in [2.45, 2.75) is 19.5 Å². The summed E-state index contributed by atoms with van der Waals surface area (Å²) in [6, 6.07) is 6.10. The maximum Gasteiger partial charge on any atom is 0.453 e. The predicted octanol–water partition coefficient (Wildman–Crippen LogP) is 3.73. The number of anilines is 1. The summed E-state index contributed by atoms with van der Waals surface area (Å²) in [5.41, 5.74) is 2.18. The zero-order chi connectivity index (χ0) is 19.2. The number of H-pyrrole nitrogens is 1.